The molecule has 2 heterocycles. The second-order valence-electron chi connectivity index (χ2n) is 6.25. The van der Waals surface area contributed by atoms with Crippen LogP contribution in [-0.2, 0) is 0 Å². The SMILES string of the molecule is C=CCN1C(=O)c2oc3ccccc3c(=O)c2[C@H]1c1ccc(O)c(OC)c1. The number of nitrogens with zero attached hydrogens (tertiary/aromatic N) is 1. The molecular formula is C21H17NO5. The maximum Gasteiger partial charge on any atom is 0.291 e. The Morgan fingerprint density at radius 1 is 1.26 bits per heavy atom. The van der Waals surface area contributed by atoms with Gasteiger partial charge in [-0.3, -0.25) is 9.59 Å². The molecule has 6 nitrogen and oxygen atoms in total. The van der Waals surface area contributed by atoms with E-state index in [1.54, 1.807) is 42.5 Å². The molecule has 1 atom stereocenters. The zero-order valence-corrected chi connectivity index (χ0v) is 14.6. The summed E-state index contributed by atoms with van der Waals surface area (Å²) in [4.78, 5) is 27.6. The minimum absolute atomic E-state index is 0.0217. The Hall–Kier alpha value is -3.54. The summed E-state index contributed by atoms with van der Waals surface area (Å²) in [5.41, 5.74) is 1.05. The lowest BCUT2D eigenvalue weighted by Crippen LogP contribution is -2.29. The van der Waals surface area contributed by atoms with Crippen LogP contribution >= 0.6 is 0 Å². The number of aromatic hydroxyl groups is 1. The van der Waals surface area contributed by atoms with Gasteiger partial charge in [0, 0.05) is 6.54 Å². The fourth-order valence-corrected chi connectivity index (χ4v) is 3.51. The lowest BCUT2D eigenvalue weighted by Gasteiger charge is -2.24. The van der Waals surface area contributed by atoms with Gasteiger partial charge in [0.25, 0.3) is 5.91 Å². The highest BCUT2D eigenvalue weighted by Crippen LogP contribution is 2.40. The molecule has 1 aromatic heterocycles. The van der Waals surface area contributed by atoms with E-state index in [-0.39, 0.29) is 40.7 Å². The van der Waals surface area contributed by atoms with Crippen molar-refractivity contribution in [2.45, 2.75) is 6.04 Å². The van der Waals surface area contributed by atoms with E-state index in [1.165, 1.54) is 18.1 Å². The molecule has 4 rings (SSSR count). The summed E-state index contributed by atoms with van der Waals surface area (Å²) >= 11 is 0. The predicted octanol–water partition coefficient (Wildman–Crippen LogP) is 3.24. The molecule has 0 radical (unpaired) electrons. The number of rotatable bonds is 4. The van der Waals surface area contributed by atoms with E-state index < -0.39 is 6.04 Å². The normalized spacial score (nSPS) is 15.8. The molecular weight excluding hydrogens is 346 g/mol. The Bertz CT molecular complexity index is 1130. The average Bonchev–Trinajstić information content (AvgIpc) is 2.95. The zero-order chi connectivity index (χ0) is 19.1. The summed E-state index contributed by atoms with van der Waals surface area (Å²) in [5, 5.41) is 10.3. The van der Waals surface area contributed by atoms with Gasteiger partial charge >= 0.3 is 0 Å². The monoisotopic (exact) mass is 363 g/mol. The lowest BCUT2D eigenvalue weighted by molar-refractivity contribution is 0.0748. The van der Waals surface area contributed by atoms with Crippen molar-refractivity contribution in [1.82, 2.24) is 4.90 Å². The molecule has 0 spiro atoms. The highest BCUT2D eigenvalue weighted by molar-refractivity contribution is 5.99. The molecule has 3 aromatic rings. The molecule has 2 aromatic carbocycles. The third kappa shape index (κ3) is 2.49. The summed E-state index contributed by atoms with van der Waals surface area (Å²) in [6, 6.07) is 11.0. The molecule has 27 heavy (non-hydrogen) atoms. The lowest BCUT2D eigenvalue weighted by atomic mass is 9.98. The molecule has 1 N–H and O–H groups in total. The molecule has 0 fully saturated rings. The Morgan fingerprint density at radius 3 is 2.78 bits per heavy atom. The van der Waals surface area contributed by atoms with E-state index in [2.05, 4.69) is 6.58 Å². The van der Waals surface area contributed by atoms with Crippen LogP contribution in [0.1, 0.15) is 27.7 Å². The largest absolute Gasteiger partial charge is 0.504 e. The smallest absolute Gasteiger partial charge is 0.291 e. The van der Waals surface area contributed by atoms with E-state index in [0.29, 0.717) is 16.5 Å². The predicted molar refractivity (Wildman–Crippen MR) is 100 cm³/mol. The van der Waals surface area contributed by atoms with Gasteiger partial charge < -0.3 is 19.2 Å². The van der Waals surface area contributed by atoms with Crippen molar-refractivity contribution < 1.29 is 19.1 Å². The second-order valence-corrected chi connectivity index (χ2v) is 6.25. The van der Waals surface area contributed by atoms with Gasteiger partial charge in [0.05, 0.1) is 24.1 Å². The third-order valence-corrected chi connectivity index (χ3v) is 4.72. The zero-order valence-electron chi connectivity index (χ0n) is 14.6. The van der Waals surface area contributed by atoms with E-state index in [1.807, 2.05) is 0 Å². The van der Waals surface area contributed by atoms with Crippen LogP contribution in [0.4, 0.5) is 0 Å². The summed E-state index contributed by atoms with van der Waals surface area (Å²) in [7, 11) is 1.44. The fraction of sp³-hybridized carbons (Fsp3) is 0.143. The average molecular weight is 363 g/mol. The van der Waals surface area contributed by atoms with E-state index >= 15 is 0 Å². The van der Waals surface area contributed by atoms with Crippen molar-refractivity contribution in [3.63, 3.8) is 0 Å². The molecule has 136 valence electrons. The van der Waals surface area contributed by atoms with Crippen molar-refractivity contribution in [2.75, 3.05) is 13.7 Å². The van der Waals surface area contributed by atoms with Gasteiger partial charge in [-0.05, 0) is 29.8 Å². The quantitative estimate of drug-likeness (QED) is 0.720. The number of phenols is 1. The van der Waals surface area contributed by atoms with Crippen molar-refractivity contribution in [3.8, 4) is 11.5 Å². The number of hydrogen-bond donors (Lipinski definition) is 1. The van der Waals surface area contributed by atoms with Crippen molar-refractivity contribution in [3.05, 3.63) is 82.2 Å². The number of benzene rings is 2. The number of carbonyl (C=O) groups excluding carboxylic acids is 1. The van der Waals surface area contributed by atoms with Crippen LogP contribution < -0.4 is 10.2 Å². The van der Waals surface area contributed by atoms with Crippen LogP contribution in [0.15, 0.2) is 64.3 Å². The molecule has 0 saturated heterocycles. The van der Waals surface area contributed by atoms with Gasteiger partial charge in [0.1, 0.15) is 5.58 Å². The number of para-hydroxylation sites is 1. The fourth-order valence-electron chi connectivity index (χ4n) is 3.51. The number of phenolic OH excluding ortho intramolecular Hbond substituents is 1. The topological polar surface area (TPSA) is 80.0 Å². The van der Waals surface area contributed by atoms with Crippen molar-refractivity contribution >= 4 is 16.9 Å². The maximum absolute atomic E-state index is 13.2. The van der Waals surface area contributed by atoms with Gasteiger partial charge in [-0.25, -0.2) is 0 Å². The van der Waals surface area contributed by atoms with E-state index in [4.69, 9.17) is 9.15 Å². The second kappa shape index (κ2) is 6.32. The number of methoxy groups -OCH3 is 1. The number of carbonyl (C=O) groups is 1. The summed E-state index contributed by atoms with van der Waals surface area (Å²) in [6.45, 7) is 3.95. The number of amides is 1. The van der Waals surface area contributed by atoms with Gasteiger partial charge in [0.15, 0.2) is 16.9 Å². The van der Waals surface area contributed by atoms with Crippen LogP contribution in [0.3, 0.4) is 0 Å². The molecule has 0 saturated carbocycles. The highest BCUT2D eigenvalue weighted by Gasteiger charge is 2.42. The van der Waals surface area contributed by atoms with Crippen LogP contribution in [0.5, 0.6) is 11.5 Å². The first-order chi connectivity index (χ1) is 13.1. The Kier molecular flexibility index (Phi) is 3.96. The van der Waals surface area contributed by atoms with Crippen LogP contribution in [-0.4, -0.2) is 29.6 Å². The van der Waals surface area contributed by atoms with Gasteiger partial charge in [0.2, 0.25) is 5.76 Å². The number of ether oxygens (including phenoxy) is 1. The van der Waals surface area contributed by atoms with Crippen LogP contribution in [0.2, 0.25) is 0 Å². The minimum Gasteiger partial charge on any atom is -0.504 e. The van der Waals surface area contributed by atoms with Gasteiger partial charge in [-0.1, -0.05) is 24.3 Å². The first kappa shape index (κ1) is 16.9. The van der Waals surface area contributed by atoms with Crippen LogP contribution in [0, 0.1) is 0 Å². The van der Waals surface area contributed by atoms with Gasteiger partial charge in [-0.2, -0.15) is 0 Å². The third-order valence-electron chi connectivity index (χ3n) is 4.72. The number of fused-ring (bicyclic) bond motifs is 2. The van der Waals surface area contributed by atoms with Crippen molar-refractivity contribution in [1.29, 1.82) is 0 Å². The summed E-state index contributed by atoms with van der Waals surface area (Å²) in [5.74, 6) is -0.0915. The maximum atomic E-state index is 13.2. The Morgan fingerprint density at radius 2 is 2.04 bits per heavy atom. The molecule has 0 aliphatic carbocycles. The molecule has 1 aliphatic heterocycles. The summed E-state index contributed by atoms with van der Waals surface area (Å²) in [6.07, 6.45) is 1.60. The van der Waals surface area contributed by atoms with Crippen molar-refractivity contribution in [2.24, 2.45) is 0 Å². The first-order valence-electron chi connectivity index (χ1n) is 8.41. The molecule has 1 amide bonds. The van der Waals surface area contributed by atoms with E-state index in [0.717, 1.165) is 0 Å². The molecule has 0 bridgehead atoms. The van der Waals surface area contributed by atoms with E-state index in [9.17, 15) is 14.7 Å². The molecule has 0 unspecified atom stereocenters. The summed E-state index contributed by atoms with van der Waals surface area (Å²) < 4.78 is 11.0. The highest BCUT2D eigenvalue weighted by atomic mass is 16.5. The Balaban J connectivity index is 2.01. The minimum atomic E-state index is -0.652. The first-order valence-corrected chi connectivity index (χ1v) is 8.41. The standard InChI is InChI=1S/C21H17NO5/c1-3-10-22-18(12-8-9-14(23)16(11-12)26-2)17-19(24)13-6-4-5-7-15(13)27-20(17)21(22)25/h3-9,11,18,23H,1,10H2,2H3/t18-/m1/s1. The molecule has 6 heteroatoms. The molecule has 1 aliphatic rings. The van der Waals surface area contributed by atoms with Gasteiger partial charge in [-0.15, -0.1) is 6.58 Å². The van der Waals surface area contributed by atoms with Crippen LogP contribution in [0.25, 0.3) is 11.0 Å². The number of hydrogen-bond acceptors (Lipinski definition) is 5. The Labute approximate surface area is 154 Å².